The highest BCUT2D eigenvalue weighted by Gasteiger charge is 2.13. The van der Waals surface area contributed by atoms with Crippen LogP contribution in [0.5, 0.6) is 0 Å². The van der Waals surface area contributed by atoms with Gasteiger partial charge in [0.25, 0.3) is 0 Å². The molecule has 0 radical (unpaired) electrons. The molecule has 0 bridgehead atoms. The maximum Gasteiger partial charge on any atom is 0.165 e. The quantitative estimate of drug-likeness (QED) is 0.757. The molecule has 0 N–H and O–H groups in total. The van der Waals surface area contributed by atoms with E-state index in [9.17, 15) is 4.79 Å². The van der Waals surface area contributed by atoms with Crippen LogP contribution in [0.1, 0.15) is 35.7 Å². The molecule has 1 aromatic heterocycles. The van der Waals surface area contributed by atoms with Gasteiger partial charge in [0.2, 0.25) is 0 Å². The Morgan fingerprint density at radius 3 is 2.65 bits per heavy atom. The SMILES string of the molecule is CCCC(=O)c1cc(C)ccc1-n1nccn1. The third-order valence-corrected chi connectivity index (χ3v) is 2.56. The number of Topliss-reactive ketones (excluding diaryl/α,β-unsaturated/α-hetero) is 1. The number of nitrogens with zero attached hydrogens (tertiary/aromatic N) is 3. The molecule has 88 valence electrons. The molecular weight excluding hydrogens is 214 g/mol. The lowest BCUT2D eigenvalue weighted by molar-refractivity contribution is 0.0981. The summed E-state index contributed by atoms with van der Waals surface area (Å²) in [5, 5.41) is 8.15. The van der Waals surface area contributed by atoms with Crippen LogP contribution >= 0.6 is 0 Å². The second-order valence-electron chi connectivity index (χ2n) is 4.01. The molecule has 2 rings (SSSR count). The second-order valence-corrected chi connectivity index (χ2v) is 4.01. The number of aromatic nitrogens is 3. The highest BCUT2D eigenvalue weighted by Crippen LogP contribution is 2.17. The van der Waals surface area contributed by atoms with Gasteiger partial charge in [0.05, 0.1) is 18.1 Å². The van der Waals surface area contributed by atoms with E-state index in [1.165, 1.54) is 4.80 Å². The Morgan fingerprint density at radius 2 is 2.00 bits per heavy atom. The van der Waals surface area contributed by atoms with E-state index in [2.05, 4.69) is 10.2 Å². The van der Waals surface area contributed by atoms with Crippen LogP contribution in [-0.2, 0) is 0 Å². The molecule has 0 atom stereocenters. The summed E-state index contributed by atoms with van der Waals surface area (Å²) in [6, 6.07) is 5.75. The van der Waals surface area contributed by atoms with E-state index < -0.39 is 0 Å². The van der Waals surface area contributed by atoms with Gasteiger partial charge in [0.1, 0.15) is 0 Å². The van der Waals surface area contributed by atoms with Crippen molar-refractivity contribution in [1.29, 1.82) is 0 Å². The van der Waals surface area contributed by atoms with Crippen LogP contribution < -0.4 is 0 Å². The van der Waals surface area contributed by atoms with Crippen molar-refractivity contribution in [3.63, 3.8) is 0 Å². The fraction of sp³-hybridized carbons (Fsp3) is 0.308. The Morgan fingerprint density at radius 1 is 1.29 bits per heavy atom. The molecule has 0 amide bonds. The summed E-state index contributed by atoms with van der Waals surface area (Å²) in [6.07, 6.45) is 4.61. The van der Waals surface area contributed by atoms with Crippen molar-refractivity contribution in [1.82, 2.24) is 15.0 Å². The normalized spacial score (nSPS) is 10.5. The van der Waals surface area contributed by atoms with E-state index in [1.807, 2.05) is 32.0 Å². The van der Waals surface area contributed by atoms with Crippen molar-refractivity contribution < 1.29 is 4.79 Å². The van der Waals surface area contributed by atoms with Crippen LogP contribution in [-0.4, -0.2) is 20.8 Å². The topological polar surface area (TPSA) is 47.8 Å². The molecule has 1 aromatic carbocycles. The molecular formula is C13H15N3O. The number of ketones is 1. The van der Waals surface area contributed by atoms with E-state index in [1.54, 1.807) is 12.4 Å². The summed E-state index contributed by atoms with van der Waals surface area (Å²) in [7, 11) is 0. The lowest BCUT2D eigenvalue weighted by Crippen LogP contribution is -2.08. The lowest BCUT2D eigenvalue weighted by Gasteiger charge is -2.08. The number of hydrogen-bond donors (Lipinski definition) is 0. The average Bonchev–Trinajstić information content (AvgIpc) is 2.82. The fourth-order valence-corrected chi connectivity index (χ4v) is 1.75. The first-order valence-corrected chi connectivity index (χ1v) is 5.73. The van der Waals surface area contributed by atoms with Crippen molar-refractivity contribution >= 4 is 5.78 Å². The minimum atomic E-state index is 0.142. The molecule has 4 heteroatoms. The average molecular weight is 229 g/mol. The number of carbonyl (C=O) groups excluding carboxylic acids is 1. The molecule has 0 unspecified atom stereocenters. The zero-order chi connectivity index (χ0) is 12.3. The molecule has 0 aliphatic heterocycles. The molecule has 0 aliphatic carbocycles. The Kier molecular flexibility index (Phi) is 3.32. The van der Waals surface area contributed by atoms with E-state index in [0.29, 0.717) is 12.0 Å². The zero-order valence-corrected chi connectivity index (χ0v) is 10.1. The summed E-state index contributed by atoms with van der Waals surface area (Å²) in [4.78, 5) is 13.5. The summed E-state index contributed by atoms with van der Waals surface area (Å²) in [6.45, 7) is 3.97. The summed E-state index contributed by atoms with van der Waals surface area (Å²) < 4.78 is 0. The third kappa shape index (κ3) is 2.41. The molecule has 1 heterocycles. The van der Waals surface area contributed by atoms with Crippen molar-refractivity contribution in [2.45, 2.75) is 26.7 Å². The number of hydrogen-bond acceptors (Lipinski definition) is 3. The first kappa shape index (κ1) is 11.5. The Bertz CT molecular complexity index is 517. The van der Waals surface area contributed by atoms with Crippen LogP contribution in [0.2, 0.25) is 0 Å². The summed E-state index contributed by atoms with van der Waals surface area (Å²) >= 11 is 0. The predicted octanol–water partition coefficient (Wildman–Crippen LogP) is 2.56. The Balaban J connectivity index is 2.48. The van der Waals surface area contributed by atoms with Gasteiger partial charge in [-0.25, -0.2) is 0 Å². The predicted molar refractivity (Wildman–Crippen MR) is 65.3 cm³/mol. The van der Waals surface area contributed by atoms with Gasteiger partial charge < -0.3 is 0 Å². The molecule has 4 nitrogen and oxygen atoms in total. The van der Waals surface area contributed by atoms with Crippen LogP contribution in [0.4, 0.5) is 0 Å². The smallest absolute Gasteiger partial charge is 0.165 e. The van der Waals surface area contributed by atoms with E-state index in [4.69, 9.17) is 0 Å². The zero-order valence-electron chi connectivity index (χ0n) is 10.1. The fourth-order valence-electron chi connectivity index (χ4n) is 1.75. The number of rotatable bonds is 4. The molecule has 0 aliphatic rings. The van der Waals surface area contributed by atoms with Gasteiger partial charge in [-0.1, -0.05) is 18.6 Å². The maximum atomic E-state index is 12.0. The third-order valence-electron chi connectivity index (χ3n) is 2.56. The van der Waals surface area contributed by atoms with Gasteiger partial charge in [0, 0.05) is 12.0 Å². The van der Waals surface area contributed by atoms with Gasteiger partial charge in [-0.3, -0.25) is 4.79 Å². The van der Waals surface area contributed by atoms with Crippen molar-refractivity contribution in [3.8, 4) is 5.69 Å². The van der Waals surface area contributed by atoms with Gasteiger partial charge >= 0.3 is 0 Å². The summed E-state index contributed by atoms with van der Waals surface area (Å²) in [5.74, 6) is 0.142. The van der Waals surface area contributed by atoms with Crippen molar-refractivity contribution in [2.24, 2.45) is 0 Å². The maximum absolute atomic E-state index is 12.0. The van der Waals surface area contributed by atoms with Crippen LogP contribution in [0.3, 0.4) is 0 Å². The lowest BCUT2D eigenvalue weighted by atomic mass is 10.0. The second kappa shape index (κ2) is 4.91. The van der Waals surface area contributed by atoms with Crippen molar-refractivity contribution in [3.05, 3.63) is 41.7 Å². The highest BCUT2D eigenvalue weighted by atomic mass is 16.1. The number of benzene rings is 1. The van der Waals surface area contributed by atoms with Crippen molar-refractivity contribution in [2.75, 3.05) is 0 Å². The van der Waals surface area contributed by atoms with E-state index >= 15 is 0 Å². The minimum Gasteiger partial charge on any atom is -0.294 e. The van der Waals surface area contributed by atoms with E-state index in [-0.39, 0.29) is 5.78 Å². The standard InChI is InChI=1S/C13H15N3O/c1-3-4-13(17)11-9-10(2)5-6-12(11)16-14-7-8-15-16/h5-9H,3-4H2,1-2H3. The van der Waals surface area contributed by atoms with Gasteiger partial charge in [-0.15, -0.1) is 0 Å². The minimum absolute atomic E-state index is 0.142. The monoisotopic (exact) mass is 229 g/mol. The molecule has 2 aromatic rings. The molecule has 0 saturated carbocycles. The summed E-state index contributed by atoms with van der Waals surface area (Å²) in [5.41, 5.74) is 2.52. The van der Waals surface area contributed by atoms with Crippen LogP contribution in [0, 0.1) is 6.92 Å². The first-order valence-electron chi connectivity index (χ1n) is 5.73. The first-order chi connectivity index (χ1) is 8.22. The molecule has 17 heavy (non-hydrogen) atoms. The number of aryl methyl sites for hydroxylation is 1. The highest BCUT2D eigenvalue weighted by molar-refractivity contribution is 5.99. The van der Waals surface area contributed by atoms with E-state index in [0.717, 1.165) is 17.7 Å². The van der Waals surface area contributed by atoms with Gasteiger partial charge in [-0.05, 0) is 25.5 Å². The Hall–Kier alpha value is -1.97. The van der Waals surface area contributed by atoms with Gasteiger partial charge in [-0.2, -0.15) is 15.0 Å². The van der Waals surface area contributed by atoms with Gasteiger partial charge in [0.15, 0.2) is 5.78 Å². The Labute approximate surface area is 100 Å². The number of carbonyl (C=O) groups is 1. The molecule has 0 spiro atoms. The molecule has 0 fully saturated rings. The largest absolute Gasteiger partial charge is 0.294 e. The van der Waals surface area contributed by atoms with Crippen LogP contribution in [0.15, 0.2) is 30.6 Å². The van der Waals surface area contributed by atoms with Crippen LogP contribution in [0.25, 0.3) is 5.69 Å². The molecule has 0 saturated heterocycles.